The second-order valence-corrected chi connectivity index (χ2v) is 6.16. The molecule has 3 rings (SSSR count). The molecule has 0 spiro atoms. The summed E-state index contributed by atoms with van der Waals surface area (Å²) in [5, 5.41) is 2.57. The van der Waals surface area contributed by atoms with E-state index in [0.29, 0.717) is 10.0 Å². The fraction of sp³-hybridized carbons (Fsp3) is 0.0667. The van der Waals surface area contributed by atoms with Gasteiger partial charge in [-0.25, -0.2) is 4.39 Å². The number of carbonyl (C=O) groups excluding carboxylic acids is 1. The molecule has 2 aromatic rings. The van der Waals surface area contributed by atoms with E-state index in [4.69, 9.17) is 12.2 Å². The summed E-state index contributed by atoms with van der Waals surface area (Å²) in [5.74, 6) is -0.437. The first kappa shape index (κ1) is 14.0. The van der Waals surface area contributed by atoms with E-state index in [2.05, 4.69) is 5.32 Å². The van der Waals surface area contributed by atoms with Crippen molar-refractivity contribution < 1.29 is 9.18 Å². The van der Waals surface area contributed by atoms with Gasteiger partial charge in [-0.15, -0.1) is 0 Å². The zero-order valence-electron chi connectivity index (χ0n) is 10.8. The maximum absolute atomic E-state index is 12.9. The second-order valence-electron chi connectivity index (χ2n) is 4.42. The Morgan fingerprint density at radius 1 is 1.10 bits per heavy atom. The summed E-state index contributed by atoms with van der Waals surface area (Å²) < 4.78 is 13.4. The van der Waals surface area contributed by atoms with Crippen molar-refractivity contribution in [3.05, 3.63) is 60.4 Å². The van der Waals surface area contributed by atoms with Crippen molar-refractivity contribution in [2.24, 2.45) is 0 Å². The lowest BCUT2D eigenvalue weighted by molar-refractivity contribution is -0.116. The van der Waals surface area contributed by atoms with Crippen LogP contribution in [-0.2, 0) is 4.79 Å². The molecule has 0 unspecified atom stereocenters. The number of thiocarbonyl (C=S) groups is 1. The Kier molecular flexibility index (Phi) is 3.90. The highest BCUT2D eigenvalue weighted by molar-refractivity contribution is 8.25. The van der Waals surface area contributed by atoms with Crippen molar-refractivity contribution in [3.8, 4) is 0 Å². The fourth-order valence-electron chi connectivity index (χ4n) is 2.01. The van der Waals surface area contributed by atoms with Gasteiger partial charge >= 0.3 is 0 Å². The van der Waals surface area contributed by atoms with Crippen LogP contribution in [0.2, 0.25) is 0 Å². The van der Waals surface area contributed by atoms with Crippen LogP contribution in [0.3, 0.4) is 0 Å². The molecule has 1 fully saturated rings. The lowest BCUT2D eigenvalue weighted by atomic mass is 10.3. The molecule has 0 aromatic heterocycles. The van der Waals surface area contributed by atoms with E-state index < -0.39 is 5.37 Å². The number of hydrogen-bond donors (Lipinski definition) is 1. The lowest BCUT2D eigenvalue weighted by Crippen LogP contribution is -2.34. The average molecular weight is 318 g/mol. The second kappa shape index (κ2) is 5.83. The van der Waals surface area contributed by atoms with Crippen molar-refractivity contribution in [1.82, 2.24) is 0 Å². The zero-order chi connectivity index (χ0) is 14.8. The third kappa shape index (κ3) is 2.91. The molecule has 1 N–H and O–H groups in total. The van der Waals surface area contributed by atoms with Crippen LogP contribution in [0.4, 0.5) is 15.8 Å². The Labute approximate surface area is 131 Å². The van der Waals surface area contributed by atoms with Gasteiger partial charge < -0.3 is 5.32 Å². The quantitative estimate of drug-likeness (QED) is 0.876. The number of halogens is 1. The monoisotopic (exact) mass is 318 g/mol. The SMILES string of the molecule is O=C1[C@H](Nc2ccc(F)cc2)SC(=S)N1c1ccccc1. The van der Waals surface area contributed by atoms with Crippen LogP contribution in [0.25, 0.3) is 0 Å². The zero-order valence-corrected chi connectivity index (χ0v) is 12.5. The van der Waals surface area contributed by atoms with Crippen molar-refractivity contribution in [1.29, 1.82) is 0 Å². The molecule has 0 aliphatic carbocycles. The van der Waals surface area contributed by atoms with Crippen LogP contribution in [-0.4, -0.2) is 15.6 Å². The van der Waals surface area contributed by atoms with E-state index in [-0.39, 0.29) is 11.7 Å². The van der Waals surface area contributed by atoms with Gasteiger partial charge in [0.05, 0.1) is 5.69 Å². The average Bonchev–Trinajstić information content (AvgIpc) is 2.77. The number of para-hydroxylation sites is 1. The van der Waals surface area contributed by atoms with Gasteiger partial charge in [-0.1, -0.05) is 42.2 Å². The lowest BCUT2D eigenvalue weighted by Gasteiger charge is -2.16. The van der Waals surface area contributed by atoms with E-state index >= 15 is 0 Å². The molecule has 1 amide bonds. The molecule has 6 heteroatoms. The predicted octanol–water partition coefficient (Wildman–Crippen LogP) is 3.63. The van der Waals surface area contributed by atoms with E-state index in [9.17, 15) is 9.18 Å². The van der Waals surface area contributed by atoms with E-state index in [1.54, 1.807) is 12.1 Å². The first-order valence-electron chi connectivity index (χ1n) is 6.27. The van der Waals surface area contributed by atoms with Crippen LogP contribution in [0.1, 0.15) is 0 Å². The largest absolute Gasteiger partial charge is 0.365 e. The minimum Gasteiger partial charge on any atom is -0.365 e. The van der Waals surface area contributed by atoms with E-state index in [0.717, 1.165) is 5.69 Å². The summed E-state index contributed by atoms with van der Waals surface area (Å²) in [6, 6.07) is 15.2. The normalized spacial score (nSPS) is 18.1. The van der Waals surface area contributed by atoms with Crippen molar-refractivity contribution >= 4 is 45.6 Å². The number of hydrogen-bond acceptors (Lipinski definition) is 4. The number of thioether (sulfide) groups is 1. The first-order chi connectivity index (χ1) is 10.1. The van der Waals surface area contributed by atoms with Crippen molar-refractivity contribution in [2.45, 2.75) is 5.37 Å². The number of benzene rings is 2. The topological polar surface area (TPSA) is 32.3 Å². The Bertz CT molecular complexity index is 676. The molecule has 1 saturated heterocycles. The van der Waals surface area contributed by atoms with Gasteiger partial charge in [0.15, 0.2) is 5.37 Å². The van der Waals surface area contributed by atoms with Gasteiger partial charge in [0.1, 0.15) is 10.1 Å². The van der Waals surface area contributed by atoms with Gasteiger partial charge in [-0.3, -0.25) is 9.69 Å². The molecule has 0 bridgehead atoms. The van der Waals surface area contributed by atoms with Crippen molar-refractivity contribution in [3.63, 3.8) is 0 Å². The van der Waals surface area contributed by atoms with Gasteiger partial charge in [-0.2, -0.15) is 0 Å². The fourth-order valence-corrected chi connectivity index (χ4v) is 3.40. The summed E-state index contributed by atoms with van der Waals surface area (Å²) >= 11 is 6.56. The standard InChI is InChI=1S/C15H11FN2OS2/c16-10-6-8-11(9-7-10)17-13-14(19)18(15(20)21-13)12-4-2-1-3-5-12/h1-9,13,17H/t13-/m1/s1. The number of nitrogens with one attached hydrogen (secondary N) is 1. The Hall–Kier alpha value is -1.92. The number of carbonyl (C=O) groups is 1. The van der Waals surface area contributed by atoms with Gasteiger partial charge in [-0.05, 0) is 36.4 Å². The van der Waals surface area contributed by atoms with Crippen LogP contribution in [0.5, 0.6) is 0 Å². The molecule has 1 aliphatic rings. The molecule has 0 radical (unpaired) electrons. The molecule has 3 nitrogen and oxygen atoms in total. The highest BCUT2D eigenvalue weighted by Gasteiger charge is 2.37. The van der Waals surface area contributed by atoms with Crippen LogP contribution in [0, 0.1) is 5.82 Å². The van der Waals surface area contributed by atoms with E-state index in [1.165, 1.54) is 28.8 Å². The highest BCUT2D eigenvalue weighted by Crippen LogP contribution is 2.32. The number of nitrogens with zero attached hydrogens (tertiary/aromatic N) is 1. The Morgan fingerprint density at radius 3 is 2.43 bits per heavy atom. The summed E-state index contributed by atoms with van der Waals surface area (Å²) in [4.78, 5) is 14.0. The number of rotatable bonds is 3. The molecule has 1 atom stereocenters. The number of anilines is 2. The van der Waals surface area contributed by atoms with Gasteiger partial charge in [0.2, 0.25) is 0 Å². The maximum Gasteiger partial charge on any atom is 0.266 e. The molecule has 0 saturated carbocycles. The first-order valence-corrected chi connectivity index (χ1v) is 7.56. The molecule has 21 heavy (non-hydrogen) atoms. The van der Waals surface area contributed by atoms with E-state index in [1.807, 2.05) is 30.3 Å². The predicted molar refractivity (Wildman–Crippen MR) is 87.9 cm³/mol. The smallest absolute Gasteiger partial charge is 0.266 e. The van der Waals surface area contributed by atoms with Crippen LogP contribution in [0.15, 0.2) is 54.6 Å². The summed E-state index contributed by atoms with van der Waals surface area (Å²) in [5.41, 5.74) is 1.43. The molecule has 2 aromatic carbocycles. The third-order valence-electron chi connectivity index (χ3n) is 3.00. The molecular formula is C15H11FN2OS2. The number of amides is 1. The third-order valence-corrected chi connectivity index (χ3v) is 4.41. The minimum atomic E-state index is -0.497. The molecule has 1 heterocycles. The molecular weight excluding hydrogens is 307 g/mol. The van der Waals surface area contributed by atoms with Gasteiger partial charge in [0, 0.05) is 5.69 Å². The summed E-state index contributed by atoms with van der Waals surface area (Å²) in [6.45, 7) is 0. The Balaban J connectivity index is 1.79. The molecule has 1 aliphatic heterocycles. The summed E-state index contributed by atoms with van der Waals surface area (Å²) in [7, 11) is 0. The Morgan fingerprint density at radius 2 is 1.76 bits per heavy atom. The summed E-state index contributed by atoms with van der Waals surface area (Å²) in [6.07, 6.45) is 0. The van der Waals surface area contributed by atoms with Crippen LogP contribution < -0.4 is 10.2 Å². The van der Waals surface area contributed by atoms with Crippen molar-refractivity contribution in [2.75, 3.05) is 10.2 Å². The van der Waals surface area contributed by atoms with Gasteiger partial charge in [0.25, 0.3) is 5.91 Å². The maximum atomic E-state index is 12.9. The molecule has 106 valence electrons. The minimum absolute atomic E-state index is 0.125. The highest BCUT2D eigenvalue weighted by atomic mass is 32.2. The van der Waals surface area contributed by atoms with Crippen LogP contribution >= 0.6 is 24.0 Å².